The monoisotopic (exact) mass is 491 g/mol. The van der Waals surface area contributed by atoms with E-state index in [4.69, 9.17) is 18.9 Å². The second kappa shape index (κ2) is 11.8. The van der Waals surface area contributed by atoms with Crippen LogP contribution in [0.1, 0.15) is 35.6 Å². The van der Waals surface area contributed by atoms with Gasteiger partial charge in [-0.25, -0.2) is 0 Å². The van der Waals surface area contributed by atoms with Crippen LogP contribution < -0.4 is 18.9 Å². The molecule has 0 spiro atoms. The molecule has 4 rings (SSSR count). The molecule has 0 saturated carbocycles. The largest absolute Gasteiger partial charge is 0.493 e. The molecule has 1 N–H and O–H groups in total. The second-order valence-electron chi connectivity index (χ2n) is 8.86. The van der Waals surface area contributed by atoms with E-state index in [0.29, 0.717) is 49.8 Å². The number of rotatable bonds is 10. The molecule has 190 valence electrons. The number of hydrogen-bond acceptors (Lipinski definition) is 6. The van der Waals surface area contributed by atoms with Crippen LogP contribution in [-0.2, 0) is 11.4 Å². The zero-order valence-corrected chi connectivity index (χ0v) is 21.0. The highest BCUT2D eigenvalue weighted by molar-refractivity contribution is 5.70. The summed E-state index contributed by atoms with van der Waals surface area (Å²) in [5.41, 5.74) is 3.11. The SMILES string of the molecule is COc1cc(C(c2cccc(OCc3ccccc3)c2)N2CCC(C(=O)O)CC2)cc(OC)c1OC. The van der Waals surface area contributed by atoms with E-state index in [9.17, 15) is 9.90 Å². The molecule has 0 aliphatic carbocycles. The molecule has 1 aliphatic rings. The van der Waals surface area contributed by atoms with Crippen molar-refractivity contribution in [2.24, 2.45) is 5.92 Å². The summed E-state index contributed by atoms with van der Waals surface area (Å²) >= 11 is 0. The molecule has 36 heavy (non-hydrogen) atoms. The molecule has 3 aromatic rings. The summed E-state index contributed by atoms with van der Waals surface area (Å²) in [6.45, 7) is 1.80. The maximum Gasteiger partial charge on any atom is 0.306 e. The van der Waals surface area contributed by atoms with Crippen LogP contribution in [0.3, 0.4) is 0 Å². The number of nitrogens with zero attached hydrogens (tertiary/aromatic N) is 1. The van der Waals surface area contributed by atoms with Crippen LogP contribution in [0.4, 0.5) is 0 Å². The first-order valence-electron chi connectivity index (χ1n) is 12.1. The van der Waals surface area contributed by atoms with Gasteiger partial charge < -0.3 is 24.1 Å². The molecule has 7 heteroatoms. The predicted molar refractivity (Wildman–Crippen MR) is 137 cm³/mol. The quantitative estimate of drug-likeness (QED) is 0.419. The average molecular weight is 492 g/mol. The van der Waals surface area contributed by atoms with Gasteiger partial charge in [0.25, 0.3) is 0 Å². The molecule has 1 heterocycles. The van der Waals surface area contributed by atoms with E-state index in [1.165, 1.54) is 0 Å². The third-order valence-electron chi connectivity index (χ3n) is 6.67. The molecule has 0 radical (unpaired) electrons. The van der Waals surface area contributed by atoms with Crippen molar-refractivity contribution in [3.8, 4) is 23.0 Å². The van der Waals surface area contributed by atoms with Crippen LogP contribution in [0.2, 0.25) is 0 Å². The van der Waals surface area contributed by atoms with Crippen molar-refractivity contribution in [3.05, 3.63) is 83.4 Å². The molecular weight excluding hydrogens is 458 g/mol. The summed E-state index contributed by atoms with van der Waals surface area (Å²) in [6.07, 6.45) is 1.20. The summed E-state index contributed by atoms with van der Waals surface area (Å²) in [4.78, 5) is 13.9. The lowest BCUT2D eigenvalue weighted by atomic mass is 9.91. The van der Waals surface area contributed by atoms with Gasteiger partial charge in [0.2, 0.25) is 5.75 Å². The van der Waals surface area contributed by atoms with Crippen molar-refractivity contribution in [1.82, 2.24) is 4.90 Å². The number of piperidine rings is 1. The molecule has 0 aromatic heterocycles. The molecule has 1 aliphatic heterocycles. The predicted octanol–water partition coefficient (Wildman–Crippen LogP) is 5.18. The Kier molecular flexibility index (Phi) is 8.33. The molecule has 1 atom stereocenters. The summed E-state index contributed by atoms with van der Waals surface area (Å²) in [7, 11) is 4.79. The fourth-order valence-electron chi connectivity index (χ4n) is 4.79. The Labute approximate surface area is 212 Å². The minimum atomic E-state index is -0.727. The van der Waals surface area contributed by atoms with Gasteiger partial charge >= 0.3 is 5.97 Å². The summed E-state index contributed by atoms with van der Waals surface area (Å²) < 4.78 is 22.9. The topological polar surface area (TPSA) is 77.5 Å². The van der Waals surface area contributed by atoms with Crippen LogP contribution >= 0.6 is 0 Å². The zero-order valence-electron chi connectivity index (χ0n) is 21.0. The van der Waals surface area contributed by atoms with E-state index < -0.39 is 5.97 Å². The van der Waals surface area contributed by atoms with Crippen LogP contribution in [0.5, 0.6) is 23.0 Å². The summed E-state index contributed by atoms with van der Waals surface area (Å²) in [5, 5.41) is 9.50. The zero-order chi connectivity index (χ0) is 25.5. The lowest BCUT2D eigenvalue weighted by Gasteiger charge is -2.37. The fourth-order valence-corrected chi connectivity index (χ4v) is 4.79. The second-order valence-corrected chi connectivity index (χ2v) is 8.86. The van der Waals surface area contributed by atoms with Gasteiger partial charge in [-0.3, -0.25) is 9.69 Å². The number of carbonyl (C=O) groups is 1. The van der Waals surface area contributed by atoms with Gasteiger partial charge in [-0.1, -0.05) is 42.5 Å². The molecule has 1 fully saturated rings. The van der Waals surface area contributed by atoms with Gasteiger partial charge in [0.05, 0.1) is 33.3 Å². The standard InChI is InChI=1S/C29H33NO6/c1-33-25-17-23(18-26(34-2)28(25)35-3)27(30-14-12-21(13-15-30)29(31)32)22-10-7-11-24(16-22)36-19-20-8-5-4-6-9-20/h4-11,16-18,21,27H,12-15,19H2,1-3H3,(H,31,32). The minimum Gasteiger partial charge on any atom is -0.493 e. The van der Waals surface area contributed by atoms with E-state index >= 15 is 0 Å². The number of carboxylic acids is 1. The first-order valence-corrected chi connectivity index (χ1v) is 12.1. The number of carboxylic acid groups (broad SMARTS) is 1. The number of methoxy groups -OCH3 is 3. The van der Waals surface area contributed by atoms with Gasteiger partial charge in [0, 0.05) is 0 Å². The lowest BCUT2D eigenvalue weighted by Crippen LogP contribution is -2.39. The van der Waals surface area contributed by atoms with E-state index in [2.05, 4.69) is 17.0 Å². The molecule has 0 bridgehead atoms. The molecule has 1 unspecified atom stereocenters. The van der Waals surface area contributed by atoms with Gasteiger partial charge in [0.15, 0.2) is 11.5 Å². The molecule has 1 saturated heterocycles. The Hall–Kier alpha value is -3.71. The molecule has 0 amide bonds. The van der Waals surface area contributed by atoms with Crippen LogP contribution in [0, 0.1) is 5.92 Å². The fraction of sp³-hybridized carbons (Fsp3) is 0.345. The third kappa shape index (κ3) is 5.74. The maximum atomic E-state index is 11.6. The van der Waals surface area contributed by atoms with Crippen molar-refractivity contribution in [2.75, 3.05) is 34.4 Å². The first-order chi connectivity index (χ1) is 17.5. The lowest BCUT2D eigenvalue weighted by molar-refractivity contribution is -0.143. The van der Waals surface area contributed by atoms with E-state index in [0.717, 1.165) is 22.4 Å². The van der Waals surface area contributed by atoms with Crippen molar-refractivity contribution in [1.29, 1.82) is 0 Å². The Bertz CT molecular complexity index is 1130. The van der Waals surface area contributed by atoms with Gasteiger partial charge in [0.1, 0.15) is 12.4 Å². The number of aliphatic carboxylic acids is 1. The van der Waals surface area contributed by atoms with Crippen LogP contribution in [-0.4, -0.2) is 50.4 Å². The van der Waals surface area contributed by atoms with E-state index in [1.807, 2.05) is 54.6 Å². The van der Waals surface area contributed by atoms with E-state index in [-0.39, 0.29) is 12.0 Å². The highest BCUT2D eigenvalue weighted by Crippen LogP contribution is 2.43. The van der Waals surface area contributed by atoms with Gasteiger partial charge in [-0.15, -0.1) is 0 Å². The number of likely N-dealkylation sites (tertiary alicyclic amines) is 1. The van der Waals surface area contributed by atoms with Crippen molar-refractivity contribution in [2.45, 2.75) is 25.5 Å². The molecule has 7 nitrogen and oxygen atoms in total. The Morgan fingerprint density at radius 1 is 0.889 bits per heavy atom. The highest BCUT2D eigenvalue weighted by Gasteiger charge is 2.31. The van der Waals surface area contributed by atoms with Crippen molar-refractivity contribution < 1.29 is 28.8 Å². The Morgan fingerprint density at radius 2 is 1.56 bits per heavy atom. The van der Waals surface area contributed by atoms with Crippen molar-refractivity contribution >= 4 is 5.97 Å². The Morgan fingerprint density at radius 3 is 2.14 bits per heavy atom. The van der Waals surface area contributed by atoms with E-state index in [1.54, 1.807) is 21.3 Å². The smallest absolute Gasteiger partial charge is 0.306 e. The van der Waals surface area contributed by atoms with Crippen LogP contribution in [0.25, 0.3) is 0 Å². The molecular formula is C29H33NO6. The minimum absolute atomic E-state index is 0.145. The number of ether oxygens (including phenoxy) is 4. The first kappa shape index (κ1) is 25.4. The number of hydrogen-bond donors (Lipinski definition) is 1. The van der Waals surface area contributed by atoms with Crippen LogP contribution in [0.15, 0.2) is 66.7 Å². The van der Waals surface area contributed by atoms with Gasteiger partial charge in [-0.05, 0) is 66.9 Å². The number of benzene rings is 3. The maximum absolute atomic E-state index is 11.6. The average Bonchev–Trinajstić information content (AvgIpc) is 2.92. The summed E-state index contributed by atoms with van der Waals surface area (Å²) in [5.74, 6) is 1.42. The molecule has 3 aromatic carbocycles. The Balaban J connectivity index is 1.70. The highest BCUT2D eigenvalue weighted by atomic mass is 16.5. The summed E-state index contributed by atoms with van der Waals surface area (Å²) in [6, 6.07) is 21.9. The third-order valence-corrected chi connectivity index (χ3v) is 6.67. The van der Waals surface area contributed by atoms with Crippen molar-refractivity contribution in [3.63, 3.8) is 0 Å². The van der Waals surface area contributed by atoms with Gasteiger partial charge in [-0.2, -0.15) is 0 Å². The normalized spacial score (nSPS) is 15.2.